The summed E-state index contributed by atoms with van der Waals surface area (Å²) in [7, 11) is 0. The number of aryl methyl sites for hydroxylation is 1. The Bertz CT molecular complexity index is 759. The SMILES string of the molecule is Cc1ccc(OC2CCN(c3cc(N4CCCC[C@H]4CO)ncn3)CC2)cc1. The van der Waals surface area contributed by atoms with Gasteiger partial charge in [0.05, 0.1) is 12.6 Å². The molecule has 0 spiro atoms. The fourth-order valence-corrected chi connectivity index (χ4v) is 4.17. The molecule has 0 amide bonds. The van der Waals surface area contributed by atoms with E-state index in [1.165, 1.54) is 12.0 Å². The molecule has 1 N–H and O–H groups in total. The molecule has 1 aromatic carbocycles. The van der Waals surface area contributed by atoms with Crippen LogP contribution in [0.15, 0.2) is 36.7 Å². The van der Waals surface area contributed by atoms with E-state index in [0.717, 1.165) is 62.7 Å². The molecule has 0 bridgehead atoms. The van der Waals surface area contributed by atoms with Gasteiger partial charge in [-0.1, -0.05) is 17.7 Å². The van der Waals surface area contributed by atoms with Crippen molar-refractivity contribution in [2.45, 2.75) is 51.2 Å². The summed E-state index contributed by atoms with van der Waals surface area (Å²) in [5.41, 5.74) is 1.25. The van der Waals surface area contributed by atoms with E-state index in [2.05, 4.69) is 57.0 Å². The van der Waals surface area contributed by atoms with Crippen LogP contribution in [0.5, 0.6) is 5.75 Å². The highest BCUT2D eigenvalue weighted by Crippen LogP contribution is 2.27. The van der Waals surface area contributed by atoms with Crippen molar-refractivity contribution >= 4 is 11.6 Å². The minimum Gasteiger partial charge on any atom is -0.490 e. The molecule has 2 aromatic rings. The summed E-state index contributed by atoms with van der Waals surface area (Å²) < 4.78 is 6.15. The van der Waals surface area contributed by atoms with E-state index < -0.39 is 0 Å². The number of aliphatic hydroxyl groups excluding tert-OH is 1. The Balaban J connectivity index is 1.37. The summed E-state index contributed by atoms with van der Waals surface area (Å²) >= 11 is 0. The zero-order valence-electron chi connectivity index (χ0n) is 16.6. The third kappa shape index (κ3) is 4.38. The van der Waals surface area contributed by atoms with Gasteiger partial charge in [0.1, 0.15) is 29.8 Å². The molecule has 6 heteroatoms. The van der Waals surface area contributed by atoms with Crippen LogP contribution in [0.25, 0.3) is 0 Å². The Hall–Kier alpha value is -2.34. The van der Waals surface area contributed by atoms with Crippen molar-refractivity contribution in [3.63, 3.8) is 0 Å². The third-order valence-electron chi connectivity index (χ3n) is 5.86. The van der Waals surface area contributed by atoms with Crippen LogP contribution in [0.4, 0.5) is 11.6 Å². The molecule has 2 aliphatic rings. The summed E-state index contributed by atoms with van der Waals surface area (Å²) in [6, 6.07) is 10.5. The van der Waals surface area contributed by atoms with Gasteiger partial charge in [0.2, 0.25) is 0 Å². The molecular formula is C22H30N4O2. The highest BCUT2D eigenvalue weighted by atomic mass is 16.5. The third-order valence-corrected chi connectivity index (χ3v) is 5.86. The number of hydrogen-bond donors (Lipinski definition) is 1. The molecule has 0 saturated carbocycles. The zero-order valence-corrected chi connectivity index (χ0v) is 16.6. The monoisotopic (exact) mass is 382 g/mol. The van der Waals surface area contributed by atoms with Gasteiger partial charge in [-0.3, -0.25) is 0 Å². The van der Waals surface area contributed by atoms with Gasteiger partial charge < -0.3 is 19.6 Å². The van der Waals surface area contributed by atoms with Crippen molar-refractivity contribution in [2.24, 2.45) is 0 Å². The van der Waals surface area contributed by atoms with Gasteiger partial charge in [0.15, 0.2) is 0 Å². The van der Waals surface area contributed by atoms with Crippen molar-refractivity contribution in [1.29, 1.82) is 0 Å². The maximum absolute atomic E-state index is 9.70. The lowest BCUT2D eigenvalue weighted by Crippen LogP contribution is -2.43. The first-order valence-corrected chi connectivity index (χ1v) is 10.4. The summed E-state index contributed by atoms with van der Waals surface area (Å²) in [6.07, 6.45) is 7.22. The first kappa shape index (κ1) is 19.0. The molecule has 1 aromatic heterocycles. The van der Waals surface area contributed by atoms with E-state index in [0.29, 0.717) is 0 Å². The lowest BCUT2D eigenvalue weighted by molar-refractivity contribution is 0.170. The maximum atomic E-state index is 9.70. The van der Waals surface area contributed by atoms with Crippen molar-refractivity contribution in [3.8, 4) is 5.75 Å². The van der Waals surface area contributed by atoms with Crippen LogP contribution in [0, 0.1) is 6.92 Å². The molecule has 1 atom stereocenters. The molecule has 3 heterocycles. The fourth-order valence-electron chi connectivity index (χ4n) is 4.17. The minimum atomic E-state index is 0.171. The lowest BCUT2D eigenvalue weighted by Gasteiger charge is -2.36. The van der Waals surface area contributed by atoms with Crippen LogP contribution >= 0.6 is 0 Å². The van der Waals surface area contributed by atoms with Crippen molar-refractivity contribution in [3.05, 3.63) is 42.2 Å². The van der Waals surface area contributed by atoms with Crippen molar-refractivity contribution in [1.82, 2.24) is 9.97 Å². The van der Waals surface area contributed by atoms with Crippen LogP contribution in [0.2, 0.25) is 0 Å². The number of aromatic nitrogens is 2. The highest BCUT2D eigenvalue weighted by Gasteiger charge is 2.25. The molecular weight excluding hydrogens is 352 g/mol. The van der Waals surface area contributed by atoms with Crippen LogP contribution < -0.4 is 14.5 Å². The van der Waals surface area contributed by atoms with E-state index in [4.69, 9.17) is 4.74 Å². The van der Waals surface area contributed by atoms with Gasteiger partial charge >= 0.3 is 0 Å². The normalized spacial score (nSPS) is 21.0. The van der Waals surface area contributed by atoms with E-state index in [-0.39, 0.29) is 18.8 Å². The molecule has 6 nitrogen and oxygen atoms in total. The summed E-state index contributed by atoms with van der Waals surface area (Å²) in [4.78, 5) is 13.6. The van der Waals surface area contributed by atoms with E-state index in [9.17, 15) is 5.11 Å². The number of benzene rings is 1. The number of ether oxygens (including phenoxy) is 1. The Morgan fingerprint density at radius 1 is 1.00 bits per heavy atom. The molecule has 0 unspecified atom stereocenters. The second-order valence-electron chi connectivity index (χ2n) is 7.88. The average Bonchev–Trinajstić information content (AvgIpc) is 2.76. The van der Waals surface area contributed by atoms with E-state index >= 15 is 0 Å². The Morgan fingerprint density at radius 3 is 2.50 bits per heavy atom. The van der Waals surface area contributed by atoms with Gasteiger partial charge in [-0.25, -0.2) is 9.97 Å². The smallest absolute Gasteiger partial charge is 0.134 e. The van der Waals surface area contributed by atoms with Gasteiger partial charge in [-0.2, -0.15) is 0 Å². The number of piperidine rings is 2. The van der Waals surface area contributed by atoms with Crippen LogP contribution in [-0.2, 0) is 0 Å². The lowest BCUT2D eigenvalue weighted by atomic mass is 10.0. The van der Waals surface area contributed by atoms with E-state index in [1.807, 2.05) is 0 Å². The number of rotatable bonds is 5. The number of aliphatic hydroxyl groups is 1. The molecule has 0 radical (unpaired) electrons. The second-order valence-corrected chi connectivity index (χ2v) is 7.88. The van der Waals surface area contributed by atoms with Crippen molar-refractivity contribution < 1.29 is 9.84 Å². The Labute approximate surface area is 167 Å². The fraction of sp³-hybridized carbons (Fsp3) is 0.545. The second kappa shape index (κ2) is 8.78. The number of nitrogens with zero attached hydrogens (tertiary/aromatic N) is 4. The topological polar surface area (TPSA) is 61.7 Å². The molecule has 2 saturated heterocycles. The highest BCUT2D eigenvalue weighted by molar-refractivity contribution is 5.51. The standard InChI is InChI=1S/C22H30N4O2/c1-17-5-7-19(8-6-17)28-20-9-12-25(13-10-20)21-14-22(24-16-23-21)26-11-3-2-4-18(26)15-27/h5-8,14,16,18,20,27H,2-4,9-13,15H2,1H3/t18-/m0/s1. The van der Waals surface area contributed by atoms with Gasteiger partial charge in [-0.05, 0) is 38.3 Å². The maximum Gasteiger partial charge on any atom is 0.134 e. The van der Waals surface area contributed by atoms with Crippen LogP contribution in [-0.4, -0.2) is 53.5 Å². The molecule has 2 fully saturated rings. The molecule has 2 aliphatic heterocycles. The quantitative estimate of drug-likeness (QED) is 0.857. The predicted octanol–water partition coefficient (Wildman–Crippen LogP) is 3.18. The zero-order chi connectivity index (χ0) is 19.3. The van der Waals surface area contributed by atoms with E-state index in [1.54, 1.807) is 6.33 Å². The summed E-state index contributed by atoms with van der Waals surface area (Å²) in [5.74, 6) is 2.86. The van der Waals surface area contributed by atoms with Crippen molar-refractivity contribution in [2.75, 3.05) is 36.0 Å². The van der Waals surface area contributed by atoms with Crippen LogP contribution in [0.1, 0.15) is 37.7 Å². The summed E-state index contributed by atoms with van der Waals surface area (Å²) in [6.45, 7) is 5.08. The number of anilines is 2. The van der Waals surface area contributed by atoms with Crippen LogP contribution in [0.3, 0.4) is 0 Å². The number of hydrogen-bond acceptors (Lipinski definition) is 6. The van der Waals surface area contributed by atoms with Gasteiger partial charge in [-0.15, -0.1) is 0 Å². The molecule has 150 valence electrons. The average molecular weight is 383 g/mol. The summed E-state index contributed by atoms with van der Waals surface area (Å²) in [5, 5.41) is 9.70. The first-order chi connectivity index (χ1) is 13.7. The Kier molecular flexibility index (Phi) is 5.95. The predicted molar refractivity (Wildman–Crippen MR) is 111 cm³/mol. The molecule has 4 rings (SSSR count). The largest absolute Gasteiger partial charge is 0.490 e. The first-order valence-electron chi connectivity index (χ1n) is 10.4. The Morgan fingerprint density at radius 2 is 1.75 bits per heavy atom. The minimum absolute atomic E-state index is 0.171. The molecule has 28 heavy (non-hydrogen) atoms. The molecule has 0 aliphatic carbocycles. The van der Waals surface area contributed by atoms with Gasteiger partial charge in [0, 0.05) is 38.5 Å². The van der Waals surface area contributed by atoms with Gasteiger partial charge in [0.25, 0.3) is 0 Å².